The van der Waals surface area contributed by atoms with Crippen LogP contribution < -0.4 is 5.32 Å². The smallest absolute Gasteiger partial charge is 0.304 e. The van der Waals surface area contributed by atoms with Crippen LogP contribution in [0.25, 0.3) is 11.3 Å². The molecule has 2 heterocycles. The molecule has 1 N–H and O–H groups in total. The molecule has 132 valence electrons. The Morgan fingerprint density at radius 2 is 1.69 bits per heavy atom. The fraction of sp³-hybridized carbons (Fsp3) is 0.0556. The topological polar surface area (TPSA) is 54.9 Å². The zero-order chi connectivity index (χ0) is 18.7. The SMILES string of the molecule is O=C(Nc1ncccc1F)c1ccc(-c2cc(C(F)(F)F)ccn2)cc1. The maximum absolute atomic E-state index is 13.5. The largest absolute Gasteiger partial charge is 0.416 e. The summed E-state index contributed by atoms with van der Waals surface area (Å²) in [5.74, 6) is -1.47. The van der Waals surface area contributed by atoms with Crippen molar-refractivity contribution in [2.45, 2.75) is 6.18 Å². The summed E-state index contributed by atoms with van der Waals surface area (Å²) in [5, 5.41) is 2.33. The van der Waals surface area contributed by atoms with Crippen LogP contribution in [0.5, 0.6) is 0 Å². The second-order valence-electron chi connectivity index (χ2n) is 5.29. The average molecular weight is 361 g/mol. The van der Waals surface area contributed by atoms with E-state index in [9.17, 15) is 22.4 Å². The summed E-state index contributed by atoms with van der Waals surface area (Å²) in [7, 11) is 0. The molecule has 0 fully saturated rings. The average Bonchev–Trinajstić information content (AvgIpc) is 2.63. The molecule has 0 atom stereocenters. The lowest BCUT2D eigenvalue weighted by Gasteiger charge is -2.09. The lowest BCUT2D eigenvalue weighted by atomic mass is 10.1. The number of carbonyl (C=O) groups excluding carboxylic acids is 1. The molecule has 0 aliphatic rings. The van der Waals surface area contributed by atoms with E-state index in [-0.39, 0.29) is 17.1 Å². The predicted octanol–water partition coefficient (Wildman–Crippen LogP) is 4.55. The third-order valence-corrected chi connectivity index (χ3v) is 3.52. The van der Waals surface area contributed by atoms with Gasteiger partial charge < -0.3 is 5.32 Å². The number of nitrogens with one attached hydrogen (secondary N) is 1. The van der Waals surface area contributed by atoms with E-state index in [4.69, 9.17) is 0 Å². The Balaban J connectivity index is 1.81. The van der Waals surface area contributed by atoms with E-state index in [1.54, 1.807) is 0 Å². The van der Waals surface area contributed by atoms with E-state index in [0.717, 1.165) is 24.4 Å². The Labute approximate surface area is 145 Å². The number of benzene rings is 1. The maximum Gasteiger partial charge on any atom is 0.416 e. The van der Waals surface area contributed by atoms with Crippen LogP contribution in [0.4, 0.5) is 23.4 Å². The molecule has 8 heteroatoms. The zero-order valence-electron chi connectivity index (χ0n) is 13.1. The van der Waals surface area contributed by atoms with Gasteiger partial charge in [-0.3, -0.25) is 9.78 Å². The third kappa shape index (κ3) is 3.85. The number of alkyl halides is 3. The summed E-state index contributed by atoms with van der Waals surface area (Å²) >= 11 is 0. The van der Waals surface area contributed by atoms with Crippen molar-refractivity contribution in [3.8, 4) is 11.3 Å². The first kappa shape index (κ1) is 17.5. The van der Waals surface area contributed by atoms with Gasteiger partial charge in [0.1, 0.15) is 0 Å². The molecule has 2 aromatic heterocycles. The minimum absolute atomic E-state index is 0.127. The Bertz CT molecular complexity index is 940. The molecule has 0 unspecified atom stereocenters. The molecule has 0 spiro atoms. The highest BCUT2D eigenvalue weighted by Crippen LogP contribution is 2.31. The lowest BCUT2D eigenvalue weighted by Crippen LogP contribution is -2.14. The number of anilines is 1. The molecule has 1 amide bonds. The molecular weight excluding hydrogens is 350 g/mol. The van der Waals surface area contributed by atoms with Crippen LogP contribution in [0, 0.1) is 5.82 Å². The number of rotatable bonds is 3. The van der Waals surface area contributed by atoms with E-state index in [1.807, 2.05) is 0 Å². The van der Waals surface area contributed by atoms with Crippen LogP contribution in [0.1, 0.15) is 15.9 Å². The summed E-state index contributed by atoms with van der Waals surface area (Å²) in [6.07, 6.45) is -2.06. The fourth-order valence-corrected chi connectivity index (χ4v) is 2.21. The van der Waals surface area contributed by atoms with Crippen LogP contribution in [0.15, 0.2) is 60.9 Å². The maximum atomic E-state index is 13.5. The van der Waals surface area contributed by atoms with Crippen molar-refractivity contribution in [2.24, 2.45) is 0 Å². The van der Waals surface area contributed by atoms with Crippen molar-refractivity contribution in [3.05, 3.63) is 77.9 Å². The first-order valence-corrected chi connectivity index (χ1v) is 7.40. The Morgan fingerprint density at radius 1 is 0.962 bits per heavy atom. The molecule has 0 radical (unpaired) electrons. The molecular formula is C18H11F4N3O. The highest BCUT2D eigenvalue weighted by atomic mass is 19.4. The van der Waals surface area contributed by atoms with E-state index in [0.29, 0.717) is 5.56 Å². The van der Waals surface area contributed by atoms with Crippen molar-refractivity contribution in [2.75, 3.05) is 5.32 Å². The summed E-state index contributed by atoms with van der Waals surface area (Å²) < 4.78 is 51.8. The first-order valence-electron chi connectivity index (χ1n) is 7.40. The highest BCUT2D eigenvalue weighted by Gasteiger charge is 2.30. The predicted molar refractivity (Wildman–Crippen MR) is 86.8 cm³/mol. The fourth-order valence-electron chi connectivity index (χ4n) is 2.21. The summed E-state index contributed by atoms with van der Waals surface area (Å²) in [4.78, 5) is 19.8. The summed E-state index contributed by atoms with van der Waals surface area (Å²) in [6, 6.07) is 10.1. The Morgan fingerprint density at radius 3 is 2.35 bits per heavy atom. The van der Waals surface area contributed by atoms with Gasteiger partial charge in [0.05, 0.1) is 11.3 Å². The Kier molecular flexibility index (Phi) is 4.66. The van der Waals surface area contributed by atoms with Crippen molar-refractivity contribution in [1.82, 2.24) is 9.97 Å². The van der Waals surface area contributed by atoms with Crippen molar-refractivity contribution >= 4 is 11.7 Å². The number of hydrogen-bond acceptors (Lipinski definition) is 3. The quantitative estimate of drug-likeness (QED) is 0.696. The second-order valence-corrected chi connectivity index (χ2v) is 5.29. The monoisotopic (exact) mass is 361 g/mol. The van der Waals surface area contributed by atoms with Gasteiger partial charge in [0.15, 0.2) is 11.6 Å². The molecule has 26 heavy (non-hydrogen) atoms. The number of hydrogen-bond donors (Lipinski definition) is 1. The van der Waals surface area contributed by atoms with Gasteiger partial charge in [0.2, 0.25) is 0 Å². The van der Waals surface area contributed by atoms with Gasteiger partial charge in [0.25, 0.3) is 5.91 Å². The highest BCUT2D eigenvalue weighted by molar-refractivity contribution is 6.04. The normalized spacial score (nSPS) is 11.2. The summed E-state index contributed by atoms with van der Waals surface area (Å²) in [5.41, 5.74) is -0.0695. The van der Waals surface area contributed by atoms with Crippen molar-refractivity contribution in [1.29, 1.82) is 0 Å². The molecule has 0 bridgehead atoms. The number of pyridine rings is 2. The van der Waals surface area contributed by atoms with Gasteiger partial charge in [0, 0.05) is 23.5 Å². The molecule has 0 saturated heterocycles. The van der Waals surface area contributed by atoms with Gasteiger partial charge in [-0.2, -0.15) is 13.2 Å². The van der Waals surface area contributed by atoms with Crippen LogP contribution in [0.2, 0.25) is 0 Å². The number of nitrogens with zero attached hydrogens (tertiary/aromatic N) is 2. The third-order valence-electron chi connectivity index (χ3n) is 3.52. The standard InChI is InChI=1S/C18H11F4N3O/c19-14-2-1-8-24-16(14)25-17(26)12-5-3-11(4-6-12)15-10-13(7-9-23-15)18(20,21)22/h1-10H,(H,24,25,26). The molecule has 1 aromatic carbocycles. The van der Waals surface area contributed by atoms with E-state index in [2.05, 4.69) is 15.3 Å². The zero-order valence-corrected chi connectivity index (χ0v) is 13.1. The molecule has 0 aliphatic carbocycles. The van der Waals surface area contributed by atoms with Gasteiger partial charge in [-0.25, -0.2) is 9.37 Å². The Hall–Kier alpha value is -3.29. The minimum atomic E-state index is -4.47. The van der Waals surface area contributed by atoms with Gasteiger partial charge in [-0.1, -0.05) is 12.1 Å². The molecule has 3 rings (SSSR count). The van der Waals surface area contributed by atoms with Crippen LogP contribution in [-0.2, 0) is 6.18 Å². The second kappa shape index (κ2) is 6.91. The van der Waals surface area contributed by atoms with Gasteiger partial charge in [-0.15, -0.1) is 0 Å². The number of amides is 1. The van der Waals surface area contributed by atoms with Crippen LogP contribution >= 0.6 is 0 Å². The lowest BCUT2D eigenvalue weighted by molar-refractivity contribution is -0.137. The number of carbonyl (C=O) groups is 1. The molecule has 4 nitrogen and oxygen atoms in total. The van der Waals surface area contributed by atoms with Gasteiger partial charge >= 0.3 is 6.18 Å². The summed E-state index contributed by atoms with van der Waals surface area (Å²) in [6.45, 7) is 0. The minimum Gasteiger partial charge on any atom is -0.304 e. The molecule has 0 aliphatic heterocycles. The van der Waals surface area contributed by atoms with Crippen molar-refractivity contribution < 1.29 is 22.4 Å². The van der Waals surface area contributed by atoms with Crippen LogP contribution in [-0.4, -0.2) is 15.9 Å². The number of halogens is 4. The van der Waals surface area contributed by atoms with Crippen LogP contribution in [0.3, 0.4) is 0 Å². The van der Waals surface area contributed by atoms with E-state index >= 15 is 0 Å². The molecule has 0 saturated carbocycles. The van der Waals surface area contributed by atoms with E-state index in [1.165, 1.54) is 36.5 Å². The molecule has 3 aromatic rings. The van der Waals surface area contributed by atoms with Gasteiger partial charge in [-0.05, 0) is 36.4 Å². The number of aromatic nitrogens is 2. The first-order chi connectivity index (χ1) is 12.3. The van der Waals surface area contributed by atoms with Crippen molar-refractivity contribution in [3.63, 3.8) is 0 Å². The van der Waals surface area contributed by atoms with E-state index < -0.39 is 23.5 Å².